The summed E-state index contributed by atoms with van der Waals surface area (Å²) in [6, 6.07) is 0. The molecule has 0 saturated heterocycles. The third-order valence-electron chi connectivity index (χ3n) is 4.53. The molecule has 0 amide bonds. The van der Waals surface area contributed by atoms with Crippen molar-refractivity contribution in [1.29, 1.82) is 0 Å². The van der Waals surface area contributed by atoms with Gasteiger partial charge in [-0.1, -0.05) is 0 Å². The maximum absolute atomic E-state index is 6.05. The van der Waals surface area contributed by atoms with Gasteiger partial charge < -0.3 is 14.0 Å². The monoisotopic (exact) mass is 414 g/mol. The lowest BCUT2D eigenvalue weighted by molar-refractivity contribution is 0.379. The van der Waals surface area contributed by atoms with Crippen molar-refractivity contribution in [2.45, 2.75) is 18.8 Å². The van der Waals surface area contributed by atoms with Crippen LogP contribution in [0.5, 0.6) is 17.2 Å². The van der Waals surface area contributed by atoms with Crippen LogP contribution in [0.25, 0.3) is 16.8 Å². The summed E-state index contributed by atoms with van der Waals surface area (Å²) in [6.07, 6.45) is 9.34. The van der Waals surface area contributed by atoms with Crippen LogP contribution in [0.15, 0.2) is 29.5 Å². The molecule has 1 aliphatic carbocycles. The number of rotatable bonds is 4. The van der Waals surface area contributed by atoms with Gasteiger partial charge in [0.05, 0.1) is 31.9 Å². The van der Waals surface area contributed by atoms with E-state index >= 15 is 0 Å². The summed E-state index contributed by atoms with van der Waals surface area (Å²) in [4.78, 5) is 17.6. The molecular formula is C17H15BrN6O2. The van der Waals surface area contributed by atoms with Gasteiger partial charge >= 0.3 is 0 Å². The fourth-order valence-corrected chi connectivity index (χ4v) is 3.42. The van der Waals surface area contributed by atoms with Crippen LogP contribution in [0.3, 0.4) is 0 Å². The molecule has 0 aliphatic heterocycles. The largest absolute Gasteiger partial charge is 0.491 e. The number of imidazole rings is 2. The first-order valence-corrected chi connectivity index (χ1v) is 9.00. The van der Waals surface area contributed by atoms with E-state index in [0.717, 1.165) is 17.0 Å². The van der Waals surface area contributed by atoms with E-state index in [-0.39, 0.29) is 0 Å². The highest BCUT2D eigenvalue weighted by Gasteiger charge is 2.28. The number of methoxy groups -OCH3 is 1. The molecule has 26 heavy (non-hydrogen) atoms. The van der Waals surface area contributed by atoms with E-state index in [1.54, 1.807) is 25.7 Å². The SMILES string of the molecule is COc1c(Oc2cnc3cnc(C4CC4)n3c2)cnc2nc(Br)n(C)c12. The summed E-state index contributed by atoms with van der Waals surface area (Å²) in [5.74, 6) is 3.23. The summed E-state index contributed by atoms with van der Waals surface area (Å²) in [6.45, 7) is 0. The van der Waals surface area contributed by atoms with E-state index in [0.29, 0.717) is 33.5 Å². The lowest BCUT2D eigenvalue weighted by atomic mass is 10.3. The minimum absolute atomic E-state index is 0.504. The van der Waals surface area contributed by atoms with Crippen LogP contribution >= 0.6 is 15.9 Å². The highest BCUT2D eigenvalue weighted by atomic mass is 79.9. The Labute approximate surface area is 156 Å². The van der Waals surface area contributed by atoms with Crippen molar-refractivity contribution in [3.05, 3.63) is 35.3 Å². The number of hydrogen-bond donors (Lipinski definition) is 0. The van der Waals surface area contributed by atoms with Gasteiger partial charge in [0.15, 0.2) is 33.3 Å². The molecule has 0 unspecified atom stereocenters. The van der Waals surface area contributed by atoms with Crippen molar-refractivity contribution in [2.75, 3.05) is 7.11 Å². The molecule has 0 aromatic carbocycles. The predicted octanol–water partition coefficient (Wildman–Crippen LogP) is 3.45. The molecule has 1 aliphatic rings. The molecule has 1 fully saturated rings. The minimum atomic E-state index is 0.504. The summed E-state index contributed by atoms with van der Waals surface area (Å²) in [5.41, 5.74) is 2.16. The Morgan fingerprint density at radius 3 is 2.77 bits per heavy atom. The number of halogens is 1. The lowest BCUT2D eigenvalue weighted by Gasteiger charge is -2.11. The number of aromatic nitrogens is 6. The Bertz CT molecular complexity index is 1150. The lowest BCUT2D eigenvalue weighted by Crippen LogP contribution is -1.98. The van der Waals surface area contributed by atoms with Crippen LogP contribution in [0, 0.1) is 0 Å². The first-order chi connectivity index (χ1) is 12.7. The van der Waals surface area contributed by atoms with Crippen molar-refractivity contribution in [2.24, 2.45) is 7.05 Å². The molecular weight excluding hydrogens is 400 g/mol. The zero-order valence-corrected chi connectivity index (χ0v) is 15.8. The van der Waals surface area contributed by atoms with Gasteiger partial charge in [0.25, 0.3) is 0 Å². The van der Waals surface area contributed by atoms with E-state index in [1.165, 1.54) is 12.8 Å². The van der Waals surface area contributed by atoms with Crippen molar-refractivity contribution < 1.29 is 9.47 Å². The van der Waals surface area contributed by atoms with Crippen LogP contribution in [-0.2, 0) is 7.05 Å². The molecule has 0 spiro atoms. The van der Waals surface area contributed by atoms with E-state index in [2.05, 4.69) is 35.9 Å². The second kappa shape index (κ2) is 5.66. The smallest absolute Gasteiger partial charge is 0.190 e. The average molecular weight is 415 g/mol. The molecule has 132 valence electrons. The molecule has 0 radical (unpaired) electrons. The fraction of sp³-hybridized carbons (Fsp3) is 0.294. The van der Waals surface area contributed by atoms with Crippen LogP contribution < -0.4 is 9.47 Å². The summed E-state index contributed by atoms with van der Waals surface area (Å²) in [7, 11) is 3.49. The van der Waals surface area contributed by atoms with Gasteiger partial charge in [-0.25, -0.2) is 19.9 Å². The number of ether oxygens (including phenoxy) is 2. The standard InChI is InChI=1S/C17H15BrN6O2/c1-23-13-14(25-2)11(6-20-15(13)22-17(23)18)26-10-5-19-12-7-21-16(9-3-4-9)24(12)8-10/h5-9H,3-4H2,1-2H3. The molecule has 0 atom stereocenters. The van der Waals surface area contributed by atoms with Crippen LogP contribution in [-0.4, -0.2) is 36.0 Å². The molecule has 8 nitrogen and oxygen atoms in total. The predicted molar refractivity (Wildman–Crippen MR) is 97.8 cm³/mol. The maximum Gasteiger partial charge on any atom is 0.190 e. The van der Waals surface area contributed by atoms with Gasteiger partial charge in [0, 0.05) is 13.0 Å². The van der Waals surface area contributed by atoms with Crippen LogP contribution in [0.1, 0.15) is 24.6 Å². The number of fused-ring (bicyclic) bond motifs is 2. The summed E-state index contributed by atoms with van der Waals surface area (Å²) < 4.78 is 16.2. The van der Waals surface area contributed by atoms with Crippen LogP contribution in [0.4, 0.5) is 0 Å². The average Bonchev–Trinajstić information content (AvgIpc) is 3.34. The van der Waals surface area contributed by atoms with Crippen molar-refractivity contribution in [1.82, 2.24) is 28.9 Å². The summed E-state index contributed by atoms with van der Waals surface area (Å²) >= 11 is 3.41. The molecule has 5 rings (SSSR count). The fourth-order valence-electron chi connectivity index (χ4n) is 3.07. The third kappa shape index (κ3) is 2.34. The second-order valence-corrected chi connectivity index (χ2v) is 6.99. The molecule has 0 N–H and O–H groups in total. The molecule has 9 heteroatoms. The molecule has 4 aromatic heterocycles. The van der Waals surface area contributed by atoms with E-state index < -0.39 is 0 Å². The zero-order chi connectivity index (χ0) is 17.8. The maximum atomic E-state index is 6.05. The van der Waals surface area contributed by atoms with Crippen LogP contribution in [0.2, 0.25) is 0 Å². The van der Waals surface area contributed by atoms with Gasteiger partial charge in [0.2, 0.25) is 0 Å². The topological polar surface area (TPSA) is 79.4 Å². The molecule has 4 heterocycles. The molecule has 1 saturated carbocycles. The van der Waals surface area contributed by atoms with E-state index in [4.69, 9.17) is 9.47 Å². The second-order valence-electron chi connectivity index (χ2n) is 6.28. The van der Waals surface area contributed by atoms with Crippen molar-refractivity contribution in [3.8, 4) is 17.2 Å². The normalized spacial score (nSPS) is 14.3. The Hall–Kier alpha value is -2.68. The zero-order valence-electron chi connectivity index (χ0n) is 14.2. The summed E-state index contributed by atoms with van der Waals surface area (Å²) in [5, 5.41) is 0. The highest BCUT2D eigenvalue weighted by Crippen LogP contribution is 2.40. The van der Waals surface area contributed by atoms with Crippen molar-refractivity contribution in [3.63, 3.8) is 0 Å². The van der Waals surface area contributed by atoms with Gasteiger partial charge in [-0.2, -0.15) is 0 Å². The number of pyridine rings is 1. The van der Waals surface area contributed by atoms with E-state index in [9.17, 15) is 0 Å². The number of nitrogens with zero attached hydrogens (tertiary/aromatic N) is 6. The van der Waals surface area contributed by atoms with Gasteiger partial charge in [0.1, 0.15) is 11.3 Å². The molecule has 4 aromatic rings. The minimum Gasteiger partial charge on any atom is -0.491 e. The quantitative estimate of drug-likeness (QED) is 0.508. The van der Waals surface area contributed by atoms with Gasteiger partial charge in [-0.05, 0) is 28.8 Å². The first kappa shape index (κ1) is 15.6. The first-order valence-electron chi connectivity index (χ1n) is 8.21. The third-order valence-corrected chi connectivity index (χ3v) is 5.24. The Morgan fingerprint density at radius 1 is 1.15 bits per heavy atom. The Morgan fingerprint density at radius 2 is 2.00 bits per heavy atom. The number of aryl methyl sites for hydroxylation is 1. The Balaban J connectivity index is 1.59. The Kier molecular flexibility index (Phi) is 3.39. The van der Waals surface area contributed by atoms with E-state index in [1.807, 2.05) is 22.2 Å². The van der Waals surface area contributed by atoms with Gasteiger partial charge in [-0.3, -0.25) is 4.40 Å². The molecule has 0 bridgehead atoms. The van der Waals surface area contributed by atoms with Crippen molar-refractivity contribution >= 4 is 32.7 Å². The highest BCUT2D eigenvalue weighted by molar-refractivity contribution is 9.10. The van der Waals surface area contributed by atoms with Gasteiger partial charge in [-0.15, -0.1) is 0 Å². The number of hydrogen-bond acceptors (Lipinski definition) is 6.